The monoisotopic (exact) mass is 415 g/mol. The van der Waals surface area contributed by atoms with Gasteiger partial charge in [-0.2, -0.15) is 0 Å². The number of benzene rings is 2. The highest BCUT2D eigenvalue weighted by Crippen LogP contribution is 2.35. The fraction of sp³-hybridized carbons (Fsp3) is 0.0500. The van der Waals surface area contributed by atoms with Crippen LogP contribution in [-0.2, 0) is 4.79 Å². The van der Waals surface area contributed by atoms with Gasteiger partial charge in [-0.25, -0.2) is 4.99 Å². The van der Waals surface area contributed by atoms with Gasteiger partial charge >= 0.3 is 6.36 Å². The highest BCUT2D eigenvalue weighted by atomic mass is 32.2. The summed E-state index contributed by atoms with van der Waals surface area (Å²) in [5.41, 5.74) is 1.59. The molecule has 2 aromatic carbocycles. The molecule has 1 N–H and O–H groups in total. The number of aromatic nitrogens is 1. The first-order valence-electron chi connectivity index (χ1n) is 8.36. The maximum Gasteiger partial charge on any atom is 0.573 e. The maximum atomic E-state index is 12.6. The van der Waals surface area contributed by atoms with E-state index < -0.39 is 12.1 Å². The van der Waals surface area contributed by atoms with Crippen molar-refractivity contribution >= 4 is 45.5 Å². The third-order valence-electron chi connectivity index (χ3n) is 3.89. The predicted molar refractivity (Wildman–Crippen MR) is 106 cm³/mol. The fourth-order valence-corrected chi connectivity index (χ4v) is 3.52. The molecule has 0 unspecified atom stereocenters. The lowest BCUT2D eigenvalue weighted by Crippen LogP contribution is -2.20. The number of fused-ring (bicyclic) bond motifs is 1. The number of hydrogen-bond acceptors (Lipinski definition) is 5. The molecule has 2 heterocycles. The van der Waals surface area contributed by atoms with Crippen molar-refractivity contribution in [2.45, 2.75) is 6.36 Å². The van der Waals surface area contributed by atoms with E-state index in [1.807, 2.05) is 30.3 Å². The third-order valence-corrected chi connectivity index (χ3v) is 4.80. The number of carbonyl (C=O) groups excluding carboxylic acids is 1. The fourth-order valence-electron chi connectivity index (χ4n) is 2.69. The number of hydrogen-bond donors (Lipinski definition) is 1. The highest BCUT2D eigenvalue weighted by molar-refractivity contribution is 8.18. The van der Waals surface area contributed by atoms with Crippen LogP contribution in [-0.4, -0.2) is 22.4 Å². The zero-order valence-corrected chi connectivity index (χ0v) is 15.4. The van der Waals surface area contributed by atoms with Crippen molar-refractivity contribution in [3.63, 3.8) is 0 Å². The van der Waals surface area contributed by atoms with E-state index in [1.54, 1.807) is 12.3 Å². The van der Waals surface area contributed by atoms with Crippen LogP contribution in [0.3, 0.4) is 0 Å². The molecule has 0 aliphatic carbocycles. The number of thioether (sulfide) groups is 1. The largest absolute Gasteiger partial charge is 0.573 e. The van der Waals surface area contributed by atoms with Gasteiger partial charge < -0.3 is 10.1 Å². The number of nitrogens with zero attached hydrogens (tertiary/aromatic N) is 2. The third kappa shape index (κ3) is 4.57. The second kappa shape index (κ2) is 7.59. The van der Waals surface area contributed by atoms with E-state index in [2.05, 4.69) is 20.0 Å². The van der Waals surface area contributed by atoms with Gasteiger partial charge in [-0.05, 0) is 53.7 Å². The summed E-state index contributed by atoms with van der Waals surface area (Å²) < 4.78 is 41.6. The van der Waals surface area contributed by atoms with Crippen molar-refractivity contribution in [2.24, 2.45) is 4.99 Å². The first-order valence-corrected chi connectivity index (χ1v) is 9.18. The Morgan fingerprint density at radius 1 is 1.10 bits per heavy atom. The first-order chi connectivity index (χ1) is 13.9. The number of ether oxygens (including phenoxy) is 1. The van der Waals surface area contributed by atoms with Gasteiger partial charge in [-0.1, -0.05) is 24.3 Å². The number of halogens is 3. The number of alkyl halides is 3. The number of aliphatic imine (C=N–C) groups is 1. The minimum Gasteiger partial charge on any atom is -0.403 e. The van der Waals surface area contributed by atoms with Crippen LogP contribution in [0.1, 0.15) is 5.56 Å². The molecule has 0 bridgehead atoms. The van der Waals surface area contributed by atoms with Crippen molar-refractivity contribution in [3.8, 4) is 5.75 Å². The van der Waals surface area contributed by atoms with Gasteiger partial charge in [-0.15, -0.1) is 13.2 Å². The topological polar surface area (TPSA) is 63.6 Å². The highest BCUT2D eigenvalue weighted by Gasteiger charge is 2.32. The molecular weight excluding hydrogens is 403 g/mol. The number of amides is 1. The number of rotatable bonds is 3. The molecule has 29 heavy (non-hydrogen) atoms. The van der Waals surface area contributed by atoms with Crippen molar-refractivity contribution in [1.29, 1.82) is 0 Å². The van der Waals surface area contributed by atoms with E-state index in [1.165, 1.54) is 18.2 Å². The van der Waals surface area contributed by atoms with Gasteiger partial charge in [-0.3, -0.25) is 9.78 Å². The lowest BCUT2D eigenvalue weighted by atomic mass is 10.1. The molecule has 0 atom stereocenters. The summed E-state index contributed by atoms with van der Waals surface area (Å²) in [4.78, 5) is 21.0. The zero-order valence-electron chi connectivity index (χ0n) is 14.6. The Labute approximate surface area is 167 Å². The van der Waals surface area contributed by atoms with E-state index in [9.17, 15) is 18.0 Å². The Hall–Kier alpha value is -3.33. The van der Waals surface area contributed by atoms with E-state index in [0.717, 1.165) is 34.3 Å². The van der Waals surface area contributed by atoms with Gasteiger partial charge in [0.25, 0.3) is 5.91 Å². The molecule has 0 radical (unpaired) electrons. The van der Waals surface area contributed by atoms with Crippen LogP contribution in [0.25, 0.3) is 17.0 Å². The molecule has 0 spiro atoms. The molecule has 0 saturated carbocycles. The van der Waals surface area contributed by atoms with Crippen molar-refractivity contribution in [3.05, 3.63) is 71.3 Å². The Morgan fingerprint density at radius 3 is 2.76 bits per heavy atom. The summed E-state index contributed by atoms with van der Waals surface area (Å²) in [6.07, 6.45) is -1.45. The van der Waals surface area contributed by atoms with Crippen LogP contribution in [0.2, 0.25) is 0 Å². The summed E-state index contributed by atoms with van der Waals surface area (Å²) in [7, 11) is 0. The zero-order chi connectivity index (χ0) is 20.4. The van der Waals surface area contributed by atoms with Crippen LogP contribution in [0, 0.1) is 0 Å². The molecule has 1 fully saturated rings. The minimum absolute atomic E-state index is 0.0364. The van der Waals surface area contributed by atoms with Gasteiger partial charge in [0.2, 0.25) is 0 Å². The van der Waals surface area contributed by atoms with Crippen LogP contribution >= 0.6 is 11.8 Å². The van der Waals surface area contributed by atoms with Crippen LogP contribution < -0.4 is 10.1 Å². The number of nitrogens with one attached hydrogen (secondary N) is 1. The maximum absolute atomic E-state index is 12.6. The number of para-hydroxylation sites is 2. The number of amidine groups is 1. The van der Waals surface area contributed by atoms with Gasteiger partial charge in [0.05, 0.1) is 10.4 Å². The normalized spacial score (nSPS) is 17.1. The summed E-state index contributed by atoms with van der Waals surface area (Å²) in [5, 5.41) is 3.65. The quantitative estimate of drug-likeness (QED) is 0.610. The first kappa shape index (κ1) is 19.0. The van der Waals surface area contributed by atoms with E-state index in [0.29, 0.717) is 4.91 Å². The van der Waals surface area contributed by atoms with Gasteiger partial charge in [0.15, 0.2) is 10.9 Å². The smallest absolute Gasteiger partial charge is 0.403 e. The molecule has 4 rings (SSSR count). The van der Waals surface area contributed by atoms with E-state index in [-0.39, 0.29) is 16.8 Å². The SMILES string of the molecule is O=C1NC(=Nc2ccccc2OC(F)(F)F)SC1=Cc1ccc2ncccc2c1. The Bertz CT molecular complexity index is 1160. The molecule has 1 amide bonds. The molecule has 1 aliphatic heterocycles. The van der Waals surface area contributed by atoms with Crippen molar-refractivity contribution in [2.75, 3.05) is 0 Å². The van der Waals surface area contributed by atoms with Crippen LogP contribution in [0.5, 0.6) is 5.75 Å². The molecule has 146 valence electrons. The molecule has 9 heteroatoms. The van der Waals surface area contributed by atoms with E-state index >= 15 is 0 Å². The Balaban J connectivity index is 1.60. The summed E-state index contributed by atoms with van der Waals surface area (Å²) in [6.45, 7) is 0. The van der Waals surface area contributed by atoms with Gasteiger partial charge in [0.1, 0.15) is 5.69 Å². The Kier molecular flexibility index (Phi) is 4.98. The summed E-state index contributed by atoms with van der Waals surface area (Å²) in [6, 6.07) is 14.8. The van der Waals surface area contributed by atoms with Crippen molar-refractivity contribution < 1.29 is 22.7 Å². The molecule has 1 saturated heterocycles. The summed E-state index contributed by atoms with van der Waals surface area (Å²) >= 11 is 1.04. The van der Waals surface area contributed by atoms with E-state index in [4.69, 9.17) is 0 Å². The van der Waals surface area contributed by atoms with Gasteiger partial charge in [0, 0.05) is 11.6 Å². The average Bonchev–Trinajstić information content (AvgIpc) is 3.01. The molecular formula is C20H12F3N3O2S. The second-order valence-electron chi connectivity index (χ2n) is 5.95. The number of pyridine rings is 1. The number of carbonyl (C=O) groups is 1. The molecule has 3 aromatic rings. The molecule has 1 aliphatic rings. The van der Waals surface area contributed by atoms with Crippen LogP contribution in [0.15, 0.2) is 70.7 Å². The summed E-state index contributed by atoms with van der Waals surface area (Å²) in [5.74, 6) is -0.823. The van der Waals surface area contributed by atoms with Crippen LogP contribution in [0.4, 0.5) is 18.9 Å². The predicted octanol–water partition coefficient (Wildman–Crippen LogP) is 5.03. The lowest BCUT2D eigenvalue weighted by molar-refractivity contribution is -0.274. The lowest BCUT2D eigenvalue weighted by Gasteiger charge is -2.10. The van der Waals surface area contributed by atoms with Crippen molar-refractivity contribution in [1.82, 2.24) is 10.3 Å². The standard InChI is InChI=1S/C20H12F3N3O2S/c21-20(22,23)28-16-6-2-1-5-15(16)25-19-26-18(27)17(29-19)11-12-7-8-14-13(10-12)4-3-9-24-14/h1-11H,(H,25,26,27). The Morgan fingerprint density at radius 2 is 1.93 bits per heavy atom. The molecule has 1 aromatic heterocycles. The second-order valence-corrected chi connectivity index (χ2v) is 6.98. The molecule has 5 nitrogen and oxygen atoms in total. The minimum atomic E-state index is -4.83. The average molecular weight is 415 g/mol.